The number of rotatable bonds is 2. The van der Waals surface area contributed by atoms with Crippen molar-refractivity contribution in [2.45, 2.75) is 45.4 Å². The highest BCUT2D eigenvalue weighted by Gasteiger charge is 2.47. The molecular formula is C53H43BN2O4. The molecule has 7 aromatic carbocycles. The number of hydrogen-bond donors (Lipinski definition) is 0. The van der Waals surface area contributed by atoms with Crippen LogP contribution in [0.4, 0.5) is 34.1 Å². The first-order chi connectivity index (χ1) is 29.2. The summed E-state index contributed by atoms with van der Waals surface area (Å²) in [5, 5.41) is 0. The van der Waals surface area contributed by atoms with E-state index in [0.717, 1.165) is 45.7 Å². The van der Waals surface area contributed by atoms with Gasteiger partial charge in [-0.25, -0.2) is 0 Å². The van der Waals surface area contributed by atoms with Gasteiger partial charge in [0.05, 0.1) is 5.69 Å². The molecule has 0 unspecified atom stereocenters. The van der Waals surface area contributed by atoms with Crippen LogP contribution < -0.4 is 45.1 Å². The van der Waals surface area contributed by atoms with Gasteiger partial charge >= 0.3 is 0 Å². The molecule has 0 amide bonds. The second kappa shape index (κ2) is 11.8. The third-order valence-electron chi connectivity index (χ3n) is 14.2. The fraction of sp³-hybridized carbons (Fsp3) is 0.208. The van der Waals surface area contributed by atoms with Crippen molar-refractivity contribution in [1.29, 1.82) is 0 Å². The summed E-state index contributed by atoms with van der Waals surface area (Å²) in [6.45, 7) is 13.7. The summed E-state index contributed by atoms with van der Waals surface area (Å²) in [6, 6.07) is 45.7. The molecule has 4 heterocycles. The largest absolute Gasteiger partial charge is 0.486 e. The van der Waals surface area contributed by atoms with Crippen LogP contribution in [0.1, 0.15) is 55.5 Å². The number of anilines is 6. The monoisotopic (exact) mass is 782 g/mol. The Morgan fingerprint density at radius 2 is 0.933 bits per heavy atom. The standard InChI is InChI=1S/C53H43BN2O4/c1-30-22-45-51-46(23-30)56(32-15-17-47-48(25-32)58-19-18-57-47)44-29-50-49(59-20-21-60-50)28-42(44)54(51)41-26-36-34-11-7-9-13-38(34)53(4,5)40(36)27-43(41)55(45)31-14-16-35-33-10-6-8-12-37(33)52(2,3)39(35)24-31/h6-17,22-29H,18-21H2,1-5H3. The lowest BCUT2D eigenvalue weighted by molar-refractivity contribution is 0.171. The van der Waals surface area contributed by atoms with Crippen LogP contribution >= 0.6 is 0 Å². The van der Waals surface area contributed by atoms with Crippen molar-refractivity contribution in [3.8, 4) is 45.3 Å². The minimum absolute atomic E-state index is 0.0857. The molecular weight excluding hydrogens is 739 g/mol. The van der Waals surface area contributed by atoms with E-state index in [2.05, 4.69) is 160 Å². The number of nitrogens with zero attached hydrogens (tertiary/aromatic N) is 2. The summed E-state index contributed by atoms with van der Waals surface area (Å²) in [4.78, 5) is 4.98. The Hall–Kier alpha value is -6.60. The average Bonchev–Trinajstić information content (AvgIpc) is 3.63. The third kappa shape index (κ3) is 4.45. The molecule has 7 aromatic rings. The first kappa shape index (κ1) is 34.3. The molecule has 0 saturated carbocycles. The Bertz CT molecular complexity index is 3060. The molecule has 0 N–H and O–H groups in total. The normalized spacial score (nSPS) is 17.2. The highest BCUT2D eigenvalue weighted by atomic mass is 16.6. The molecule has 13 rings (SSSR count). The summed E-state index contributed by atoms with van der Waals surface area (Å²) in [5.41, 5.74) is 22.1. The predicted molar refractivity (Wildman–Crippen MR) is 242 cm³/mol. The van der Waals surface area contributed by atoms with Gasteiger partial charge in [-0.15, -0.1) is 0 Å². The molecule has 6 aliphatic rings. The Kier molecular flexibility index (Phi) is 6.73. The summed E-state index contributed by atoms with van der Waals surface area (Å²) in [7, 11) is 0. The van der Waals surface area contributed by atoms with E-state index in [1.165, 1.54) is 77.8 Å². The van der Waals surface area contributed by atoms with Crippen LogP contribution in [0.2, 0.25) is 0 Å². The Morgan fingerprint density at radius 1 is 0.433 bits per heavy atom. The zero-order valence-corrected chi connectivity index (χ0v) is 34.5. The van der Waals surface area contributed by atoms with E-state index in [1.54, 1.807) is 0 Å². The first-order valence-electron chi connectivity index (χ1n) is 21.3. The lowest BCUT2D eigenvalue weighted by Crippen LogP contribution is -2.61. The van der Waals surface area contributed by atoms with Gasteiger partial charge in [0.1, 0.15) is 26.4 Å². The fourth-order valence-electron chi connectivity index (χ4n) is 11.4. The second-order valence-electron chi connectivity index (χ2n) is 18.2. The Labute approximate surface area is 351 Å². The Morgan fingerprint density at radius 3 is 1.62 bits per heavy atom. The molecule has 0 aromatic heterocycles. The van der Waals surface area contributed by atoms with Gasteiger partial charge in [0.25, 0.3) is 6.71 Å². The van der Waals surface area contributed by atoms with E-state index in [4.69, 9.17) is 18.9 Å². The van der Waals surface area contributed by atoms with Gasteiger partial charge in [-0.05, 0) is 122 Å². The molecule has 292 valence electrons. The minimum Gasteiger partial charge on any atom is -0.486 e. The average molecular weight is 783 g/mol. The number of hydrogen-bond acceptors (Lipinski definition) is 6. The van der Waals surface area contributed by atoms with Gasteiger partial charge in [-0.3, -0.25) is 0 Å². The van der Waals surface area contributed by atoms with Gasteiger partial charge in [-0.1, -0.05) is 88.4 Å². The van der Waals surface area contributed by atoms with Gasteiger partial charge in [0.15, 0.2) is 23.0 Å². The van der Waals surface area contributed by atoms with Crippen LogP contribution in [0.3, 0.4) is 0 Å². The maximum atomic E-state index is 6.38. The van der Waals surface area contributed by atoms with Crippen LogP contribution in [0.25, 0.3) is 22.3 Å². The fourth-order valence-corrected chi connectivity index (χ4v) is 11.4. The van der Waals surface area contributed by atoms with Crippen LogP contribution in [0, 0.1) is 6.92 Å². The zero-order chi connectivity index (χ0) is 40.2. The van der Waals surface area contributed by atoms with Gasteiger partial charge in [0, 0.05) is 51.4 Å². The second-order valence-corrected chi connectivity index (χ2v) is 18.2. The van der Waals surface area contributed by atoms with Crippen molar-refractivity contribution in [3.63, 3.8) is 0 Å². The van der Waals surface area contributed by atoms with Gasteiger partial charge in [-0.2, -0.15) is 0 Å². The number of ether oxygens (including phenoxy) is 4. The van der Waals surface area contributed by atoms with Crippen molar-refractivity contribution in [2.75, 3.05) is 36.2 Å². The highest BCUT2D eigenvalue weighted by molar-refractivity contribution is 7.00. The summed E-state index contributed by atoms with van der Waals surface area (Å²) < 4.78 is 24.9. The first-order valence-corrected chi connectivity index (χ1v) is 21.3. The molecule has 2 aliphatic carbocycles. The molecule has 0 atom stereocenters. The lowest BCUT2D eigenvalue weighted by atomic mass is 9.33. The van der Waals surface area contributed by atoms with Crippen LogP contribution in [-0.4, -0.2) is 33.1 Å². The van der Waals surface area contributed by atoms with Gasteiger partial charge in [0.2, 0.25) is 0 Å². The van der Waals surface area contributed by atoms with E-state index in [9.17, 15) is 0 Å². The molecule has 7 heteroatoms. The quantitative estimate of drug-likeness (QED) is 0.163. The van der Waals surface area contributed by atoms with Crippen molar-refractivity contribution < 1.29 is 18.9 Å². The number of aryl methyl sites for hydroxylation is 1. The maximum absolute atomic E-state index is 6.38. The predicted octanol–water partition coefficient (Wildman–Crippen LogP) is 10.2. The van der Waals surface area contributed by atoms with E-state index >= 15 is 0 Å². The molecule has 60 heavy (non-hydrogen) atoms. The minimum atomic E-state index is -0.171. The summed E-state index contributed by atoms with van der Waals surface area (Å²) >= 11 is 0. The van der Waals surface area contributed by atoms with Crippen molar-refractivity contribution in [2.24, 2.45) is 0 Å². The van der Waals surface area contributed by atoms with Crippen molar-refractivity contribution in [3.05, 3.63) is 149 Å². The summed E-state index contributed by atoms with van der Waals surface area (Å²) in [6.07, 6.45) is 0. The molecule has 0 fully saturated rings. The Balaban J connectivity index is 1.12. The molecule has 4 aliphatic heterocycles. The maximum Gasteiger partial charge on any atom is 0.252 e. The smallest absolute Gasteiger partial charge is 0.252 e. The van der Waals surface area contributed by atoms with E-state index in [1.807, 2.05) is 6.07 Å². The molecule has 0 saturated heterocycles. The molecule has 0 spiro atoms. The number of benzene rings is 7. The number of fused-ring (bicyclic) bond motifs is 12. The topological polar surface area (TPSA) is 43.4 Å². The van der Waals surface area contributed by atoms with Crippen molar-refractivity contribution >= 4 is 57.2 Å². The molecule has 6 nitrogen and oxygen atoms in total. The van der Waals surface area contributed by atoms with Crippen LogP contribution in [-0.2, 0) is 10.8 Å². The van der Waals surface area contributed by atoms with Crippen LogP contribution in [0.15, 0.2) is 121 Å². The van der Waals surface area contributed by atoms with E-state index in [-0.39, 0.29) is 17.5 Å². The summed E-state index contributed by atoms with van der Waals surface area (Å²) in [5.74, 6) is 3.08. The van der Waals surface area contributed by atoms with Crippen LogP contribution in [0.5, 0.6) is 23.0 Å². The SMILES string of the molecule is Cc1cc2c3c(c1)N(c1ccc4c(c1)C(C)(C)c1ccccc1-4)c1cc4c(cc1B3c1cc3c(cc1N2c1ccc2c(c1)OCCO2)OCCO3)-c1ccccc1C4(C)C. The van der Waals surface area contributed by atoms with E-state index in [0.29, 0.717) is 26.4 Å². The van der Waals surface area contributed by atoms with E-state index < -0.39 is 0 Å². The lowest BCUT2D eigenvalue weighted by Gasteiger charge is -2.45. The molecule has 0 radical (unpaired) electrons. The highest BCUT2D eigenvalue weighted by Crippen LogP contribution is 2.55. The molecule has 0 bridgehead atoms. The zero-order valence-electron chi connectivity index (χ0n) is 34.5. The van der Waals surface area contributed by atoms with Gasteiger partial charge < -0.3 is 28.7 Å². The van der Waals surface area contributed by atoms with Crippen molar-refractivity contribution in [1.82, 2.24) is 0 Å². The third-order valence-corrected chi connectivity index (χ3v) is 14.2.